The van der Waals surface area contributed by atoms with Crippen LogP contribution in [-0.4, -0.2) is 40.2 Å². The Hall–Kier alpha value is -4.20. The average Bonchev–Trinajstić information content (AvgIpc) is 3.16. The van der Waals surface area contributed by atoms with Crippen LogP contribution >= 0.6 is 0 Å². The van der Waals surface area contributed by atoms with Crippen molar-refractivity contribution >= 4 is 30.3 Å². The van der Waals surface area contributed by atoms with E-state index < -0.39 is 6.03 Å². The van der Waals surface area contributed by atoms with E-state index in [1.54, 1.807) is 54.6 Å². The van der Waals surface area contributed by atoms with Gasteiger partial charge in [0.2, 0.25) is 0 Å². The molecule has 0 bridgehead atoms. The molecule has 0 unspecified atom stereocenters. The highest BCUT2D eigenvalue weighted by atomic mass is 16.5. The summed E-state index contributed by atoms with van der Waals surface area (Å²) in [6.07, 6.45) is 6.92. The van der Waals surface area contributed by atoms with Crippen LogP contribution in [0.5, 0.6) is 23.0 Å². The number of rotatable bonds is 6. The maximum atomic E-state index is 11.8. The van der Waals surface area contributed by atoms with Crippen LogP contribution in [0.1, 0.15) is 22.5 Å². The number of carbonyl (C=O) groups is 1. The summed E-state index contributed by atoms with van der Waals surface area (Å²) in [6, 6.07) is 10.8. The summed E-state index contributed by atoms with van der Waals surface area (Å²) in [5, 5.41) is 23.6. The van der Waals surface area contributed by atoms with E-state index in [2.05, 4.69) is 5.10 Å². The van der Waals surface area contributed by atoms with Crippen LogP contribution in [0.25, 0.3) is 24.3 Å². The molecule has 8 heteroatoms. The predicted octanol–water partition coefficient (Wildman–Crippen LogP) is 3.58. The normalized spacial score (nSPS) is 11.3. The average molecular weight is 407 g/mol. The van der Waals surface area contributed by atoms with Crippen molar-refractivity contribution in [1.29, 1.82) is 0 Å². The van der Waals surface area contributed by atoms with Crippen molar-refractivity contribution in [2.45, 2.75) is 0 Å². The number of nitrogens with zero attached hydrogens (tertiary/aromatic N) is 2. The second-order valence-electron chi connectivity index (χ2n) is 6.27. The Labute approximate surface area is 173 Å². The van der Waals surface area contributed by atoms with Crippen molar-refractivity contribution in [3.63, 3.8) is 0 Å². The molecule has 30 heavy (non-hydrogen) atoms. The van der Waals surface area contributed by atoms with Crippen molar-refractivity contribution in [3.8, 4) is 23.0 Å². The summed E-state index contributed by atoms with van der Waals surface area (Å²) in [6.45, 7) is 0. The SMILES string of the molecule is COc1cc(C=Cc2cc(C=Cc3ccc(O)c(OC)c3)n(C(N)=O)n2)ccc1O. The minimum atomic E-state index is -0.719. The molecule has 0 aliphatic rings. The number of nitrogens with two attached hydrogens (primary N) is 1. The number of aromatic hydroxyl groups is 2. The van der Waals surface area contributed by atoms with Gasteiger partial charge < -0.3 is 25.4 Å². The smallest absolute Gasteiger partial charge is 0.340 e. The number of methoxy groups -OCH3 is 2. The first kappa shape index (κ1) is 20.5. The maximum Gasteiger partial charge on any atom is 0.340 e. The molecule has 0 saturated heterocycles. The summed E-state index contributed by atoms with van der Waals surface area (Å²) in [4.78, 5) is 11.8. The molecule has 2 aromatic carbocycles. The number of phenolic OH excluding ortho intramolecular Hbond substituents is 2. The number of aromatic nitrogens is 2. The molecule has 8 nitrogen and oxygen atoms in total. The molecule has 0 aliphatic heterocycles. The standard InChI is InChI=1S/C22H21N3O5/c1-29-20-11-14(5-9-18(20)26)3-7-16-13-17(25(24-16)22(23)28)8-4-15-6-10-19(27)21(12-15)30-2/h3-13,26-27H,1-2H3,(H2,23,28). The third-order valence-corrected chi connectivity index (χ3v) is 4.27. The van der Waals surface area contributed by atoms with E-state index in [0.29, 0.717) is 22.9 Å². The molecular formula is C22H21N3O5. The number of hydrogen-bond acceptors (Lipinski definition) is 6. The lowest BCUT2D eigenvalue weighted by Crippen LogP contribution is -2.21. The number of primary amides is 1. The van der Waals surface area contributed by atoms with E-state index in [9.17, 15) is 15.0 Å². The van der Waals surface area contributed by atoms with Gasteiger partial charge in [-0.25, -0.2) is 4.79 Å². The summed E-state index contributed by atoms with van der Waals surface area (Å²) in [5.41, 5.74) is 7.97. The maximum absolute atomic E-state index is 11.8. The van der Waals surface area contributed by atoms with E-state index in [0.717, 1.165) is 15.8 Å². The molecule has 3 aromatic rings. The van der Waals surface area contributed by atoms with Crippen molar-refractivity contribution in [3.05, 3.63) is 65.0 Å². The van der Waals surface area contributed by atoms with Gasteiger partial charge in [0.05, 0.1) is 25.6 Å². The van der Waals surface area contributed by atoms with Gasteiger partial charge in [0, 0.05) is 0 Å². The Bertz CT molecular complexity index is 1130. The van der Waals surface area contributed by atoms with Gasteiger partial charge in [0.15, 0.2) is 23.0 Å². The molecule has 3 rings (SSSR count). The molecule has 154 valence electrons. The highest BCUT2D eigenvalue weighted by Gasteiger charge is 2.09. The van der Waals surface area contributed by atoms with Gasteiger partial charge in [-0.3, -0.25) is 0 Å². The van der Waals surface area contributed by atoms with Crippen LogP contribution in [0.4, 0.5) is 4.79 Å². The molecule has 4 N–H and O–H groups in total. The Morgan fingerprint density at radius 2 is 1.43 bits per heavy atom. The van der Waals surface area contributed by atoms with Crippen LogP contribution in [0.2, 0.25) is 0 Å². The van der Waals surface area contributed by atoms with Crippen LogP contribution in [0.15, 0.2) is 42.5 Å². The summed E-state index contributed by atoms with van der Waals surface area (Å²) in [7, 11) is 2.94. The van der Waals surface area contributed by atoms with Crippen LogP contribution < -0.4 is 15.2 Å². The largest absolute Gasteiger partial charge is 0.504 e. The predicted molar refractivity (Wildman–Crippen MR) is 114 cm³/mol. The molecule has 0 spiro atoms. The first-order valence-electron chi connectivity index (χ1n) is 8.91. The number of phenols is 2. The lowest BCUT2D eigenvalue weighted by molar-refractivity contribution is 0.247. The van der Waals surface area contributed by atoms with Gasteiger partial charge in [-0.05, 0) is 53.6 Å². The van der Waals surface area contributed by atoms with Gasteiger partial charge in [0.1, 0.15) is 0 Å². The highest BCUT2D eigenvalue weighted by molar-refractivity contribution is 5.81. The van der Waals surface area contributed by atoms with Crippen LogP contribution in [-0.2, 0) is 0 Å². The number of ether oxygens (including phenoxy) is 2. The minimum Gasteiger partial charge on any atom is -0.504 e. The summed E-state index contributed by atoms with van der Waals surface area (Å²) < 4.78 is 11.3. The fourth-order valence-corrected chi connectivity index (χ4v) is 2.75. The number of benzene rings is 2. The molecule has 0 fully saturated rings. The third-order valence-electron chi connectivity index (χ3n) is 4.27. The molecule has 1 heterocycles. The van der Waals surface area contributed by atoms with Gasteiger partial charge in [-0.2, -0.15) is 9.78 Å². The number of amides is 1. The quantitative estimate of drug-likeness (QED) is 0.574. The van der Waals surface area contributed by atoms with E-state index in [4.69, 9.17) is 15.2 Å². The topological polar surface area (TPSA) is 120 Å². The molecule has 0 saturated carbocycles. The Morgan fingerprint density at radius 1 is 0.900 bits per heavy atom. The van der Waals surface area contributed by atoms with Gasteiger partial charge in [-0.15, -0.1) is 0 Å². The lowest BCUT2D eigenvalue weighted by atomic mass is 10.1. The summed E-state index contributed by atoms with van der Waals surface area (Å²) >= 11 is 0. The zero-order chi connectivity index (χ0) is 21.7. The minimum absolute atomic E-state index is 0.0371. The van der Waals surface area contributed by atoms with Crippen molar-refractivity contribution in [2.24, 2.45) is 5.73 Å². The highest BCUT2D eigenvalue weighted by Crippen LogP contribution is 2.28. The Balaban J connectivity index is 1.87. The van der Waals surface area contributed by atoms with Gasteiger partial charge in [0.25, 0.3) is 0 Å². The zero-order valence-electron chi connectivity index (χ0n) is 16.4. The Morgan fingerprint density at radius 3 is 1.93 bits per heavy atom. The first-order chi connectivity index (χ1) is 14.4. The zero-order valence-corrected chi connectivity index (χ0v) is 16.4. The fourth-order valence-electron chi connectivity index (χ4n) is 2.75. The van der Waals surface area contributed by atoms with Gasteiger partial charge >= 0.3 is 6.03 Å². The molecule has 1 amide bonds. The molecular weight excluding hydrogens is 386 g/mol. The Kier molecular flexibility index (Phi) is 6.07. The number of carbonyl (C=O) groups excluding carboxylic acids is 1. The van der Waals surface area contributed by atoms with Crippen LogP contribution in [0, 0.1) is 0 Å². The summed E-state index contributed by atoms with van der Waals surface area (Å²) in [5.74, 6) is 0.780. The van der Waals surface area contributed by atoms with E-state index in [1.165, 1.54) is 26.4 Å². The van der Waals surface area contributed by atoms with Crippen molar-refractivity contribution in [1.82, 2.24) is 9.78 Å². The second kappa shape index (κ2) is 8.87. The van der Waals surface area contributed by atoms with Crippen LogP contribution in [0.3, 0.4) is 0 Å². The fraction of sp³-hybridized carbons (Fsp3) is 0.0909. The van der Waals surface area contributed by atoms with E-state index in [1.807, 2.05) is 0 Å². The molecule has 0 radical (unpaired) electrons. The van der Waals surface area contributed by atoms with Crippen molar-refractivity contribution in [2.75, 3.05) is 14.2 Å². The second-order valence-corrected chi connectivity index (χ2v) is 6.27. The van der Waals surface area contributed by atoms with E-state index >= 15 is 0 Å². The molecule has 0 aliphatic carbocycles. The molecule has 0 atom stereocenters. The van der Waals surface area contributed by atoms with Crippen molar-refractivity contribution < 1.29 is 24.5 Å². The third kappa shape index (κ3) is 4.61. The number of hydrogen-bond donors (Lipinski definition) is 3. The lowest BCUT2D eigenvalue weighted by Gasteiger charge is -2.03. The monoisotopic (exact) mass is 407 g/mol. The molecule has 1 aromatic heterocycles. The first-order valence-corrected chi connectivity index (χ1v) is 8.91. The van der Waals surface area contributed by atoms with E-state index in [-0.39, 0.29) is 11.5 Å². The van der Waals surface area contributed by atoms with Gasteiger partial charge in [-0.1, -0.05) is 24.3 Å².